The molecule has 0 saturated carbocycles. The Morgan fingerprint density at radius 1 is 1.35 bits per heavy atom. The number of ether oxygens (including phenoxy) is 1. The number of likely N-dealkylation sites (N-methyl/N-ethyl adjacent to an activating group) is 1. The molecule has 0 saturated heterocycles. The van der Waals surface area contributed by atoms with Crippen molar-refractivity contribution in [3.63, 3.8) is 0 Å². The van der Waals surface area contributed by atoms with E-state index in [-0.39, 0.29) is 6.61 Å². The molecule has 2 aromatic rings. The van der Waals surface area contributed by atoms with Gasteiger partial charge in [-0.1, -0.05) is 12.1 Å². The standard InChI is InChI=1S/C16H19NO2S/c1-17-8-15(11-3-5-12(19-2)6-4-11)14-7-13(10-18)20-16(14)9-17/h3-7,15,18H,8-10H2,1-2H3. The van der Waals surface area contributed by atoms with Crippen molar-refractivity contribution in [1.82, 2.24) is 4.90 Å². The van der Waals surface area contributed by atoms with E-state index >= 15 is 0 Å². The van der Waals surface area contributed by atoms with Crippen LogP contribution in [0.1, 0.15) is 26.8 Å². The fraction of sp³-hybridized carbons (Fsp3) is 0.375. The number of thiophene rings is 1. The summed E-state index contributed by atoms with van der Waals surface area (Å²) < 4.78 is 5.23. The number of aliphatic hydroxyl groups is 1. The molecule has 1 aliphatic rings. The number of methoxy groups -OCH3 is 1. The molecule has 2 heterocycles. The van der Waals surface area contributed by atoms with Crippen LogP contribution in [0.25, 0.3) is 0 Å². The molecule has 0 fully saturated rings. The minimum Gasteiger partial charge on any atom is -0.497 e. The molecular formula is C16H19NO2S. The van der Waals surface area contributed by atoms with Crippen LogP contribution in [0.4, 0.5) is 0 Å². The largest absolute Gasteiger partial charge is 0.497 e. The monoisotopic (exact) mass is 289 g/mol. The Hall–Kier alpha value is -1.36. The van der Waals surface area contributed by atoms with Gasteiger partial charge in [-0.2, -0.15) is 0 Å². The van der Waals surface area contributed by atoms with Crippen LogP contribution in [0, 0.1) is 0 Å². The van der Waals surface area contributed by atoms with Gasteiger partial charge in [-0.25, -0.2) is 0 Å². The van der Waals surface area contributed by atoms with Gasteiger partial charge in [0.1, 0.15) is 5.75 Å². The second kappa shape index (κ2) is 5.56. The molecule has 1 N–H and O–H groups in total. The first kappa shape index (κ1) is 13.6. The molecule has 1 aromatic heterocycles. The Labute approximate surface area is 123 Å². The average Bonchev–Trinajstić information content (AvgIpc) is 2.89. The predicted molar refractivity (Wildman–Crippen MR) is 81.4 cm³/mol. The van der Waals surface area contributed by atoms with Crippen LogP contribution in [0.2, 0.25) is 0 Å². The van der Waals surface area contributed by atoms with Crippen molar-refractivity contribution in [3.05, 3.63) is 51.2 Å². The van der Waals surface area contributed by atoms with Gasteiger partial charge in [-0.05, 0) is 36.4 Å². The molecule has 4 heteroatoms. The van der Waals surface area contributed by atoms with Crippen molar-refractivity contribution in [1.29, 1.82) is 0 Å². The van der Waals surface area contributed by atoms with E-state index in [1.807, 2.05) is 12.1 Å². The zero-order valence-electron chi connectivity index (χ0n) is 11.8. The van der Waals surface area contributed by atoms with Crippen LogP contribution in [0.5, 0.6) is 5.75 Å². The van der Waals surface area contributed by atoms with E-state index in [9.17, 15) is 5.11 Å². The van der Waals surface area contributed by atoms with Gasteiger partial charge in [0.25, 0.3) is 0 Å². The Morgan fingerprint density at radius 2 is 2.10 bits per heavy atom. The number of aliphatic hydroxyl groups excluding tert-OH is 1. The first-order valence-corrected chi connectivity index (χ1v) is 7.57. The number of benzene rings is 1. The molecular weight excluding hydrogens is 270 g/mol. The molecule has 0 bridgehead atoms. The highest BCUT2D eigenvalue weighted by Crippen LogP contribution is 2.38. The molecule has 1 atom stereocenters. The van der Waals surface area contributed by atoms with Gasteiger partial charge in [0.2, 0.25) is 0 Å². The van der Waals surface area contributed by atoms with Crippen molar-refractivity contribution < 1.29 is 9.84 Å². The van der Waals surface area contributed by atoms with Crippen LogP contribution in [0.3, 0.4) is 0 Å². The summed E-state index contributed by atoms with van der Waals surface area (Å²) in [6.45, 7) is 2.13. The van der Waals surface area contributed by atoms with Crippen molar-refractivity contribution in [2.75, 3.05) is 20.7 Å². The number of fused-ring (bicyclic) bond motifs is 1. The molecule has 3 rings (SSSR count). The van der Waals surface area contributed by atoms with Crippen LogP contribution in [0.15, 0.2) is 30.3 Å². The van der Waals surface area contributed by atoms with Crippen LogP contribution in [-0.2, 0) is 13.2 Å². The SMILES string of the molecule is COc1ccc(C2CN(C)Cc3sc(CO)cc32)cc1. The minimum atomic E-state index is 0.136. The molecule has 20 heavy (non-hydrogen) atoms. The number of hydrogen-bond donors (Lipinski definition) is 1. The zero-order valence-corrected chi connectivity index (χ0v) is 12.6. The third kappa shape index (κ3) is 2.46. The van der Waals surface area contributed by atoms with Gasteiger partial charge in [0.05, 0.1) is 13.7 Å². The van der Waals surface area contributed by atoms with E-state index in [1.54, 1.807) is 18.4 Å². The summed E-state index contributed by atoms with van der Waals surface area (Å²) in [7, 11) is 3.84. The average molecular weight is 289 g/mol. The van der Waals surface area contributed by atoms with Gasteiger partial charge in [0, 0.05) is 28.8 Å². The molecule has 0 amide bonds. The molecule has 3 nitrogen and oxygen atoms in total. The Kier molecular flexibility index (Phi) is 3.78. The van der Waals surface area contributed by atoms with Gasteiger partial charge in [-0.3, -0.25) is 0 Å². The molecule has 1 aliphatic heterocycles. The van der Waals surface area contributed by atoms with Crippen molar-refractivity contribution in [2.45, 2.75) is 19.1 Å². The fourth-order valence-electron chi connectivity index (χ4n) is 2.84. The molecule has 106 valence electrons. The third-order valence-electron chi connectivity index (χ3n) is 3.85. The lowest BCUT2D eigenvalue weighted by Gasteiger charge is -2.30. The number of hydrogen-bond acceptors (Lipinski definition) is 4. The second-order valence-corrected chi connectivity index (χ2v) is 6.49. The van der Waals surface area contributed by atoms with Crippen molar-refractivity contribution in [2.24, 2.45) is 0 Å². The minimum absolute atomic E-state index is 0.136. The highest BCUT2D eigenvalue weighted by Gasteiger charge is 2.26. The van der Waals surface area contributed by atoms with Gasteiger partial charge < -0.3 is 14.7 Å². The lowest BCUT2D eigenvalue weighted by Crippen LogP contribution is -2.29. The Bertz CT molecular complexity index is 591. The molecule has 1 unspecified atom stereocenters. The maximum absolute atomic E-state index is 9.36. The summed E-state index contributed by atoms with van der Waals surface area (Å²) in [6, 6.07) is 10.5. The van der Waals surface area contributed by atoms with Gasteiger partial charge in [0.15, 0.2) is 0 Å². The maximum Gasteiger partial charge on any atom is 0.118 e. The first-order chi connectivity index (χ1) is 9.71. The Balaban J connectivity index is 1.98. The van der Waals surface area contributed by atoms with E-state index in [4.69, 9.17) is 4.74 Å². The Morgan fingerprint density at radius 3 is 2.75 bits per heavy atom. The smallest absolute Gasteiger partial charge is 0.118 e. The zero-order chi connectivity index (χ0) is 14.1. The molecule has 0 aliphatic carbocycles. The van der Waals surface area contributed by atoms with E-state index in [0.717, 1.165) is 23.7 Å². The van der Waals surface area contributed by atoms with Gasteiger partial charge in [-0.15, -0.1) is 11.3 Å². The highest BCUT2D eigenvalue weighted by molar-refractivity contribution is 7.12. The van der Waals surface area contributed by atoms with E-state index in [1.165, 1.54) is 16.0 Å². The highest BCUT2D eigenvalue weighted by atomic mass is 32.1. The summed E-state index contributed by atoms with van der Waals surface area (Å²) in [6.07, 6.45) is 0. The lowest BCUT2D eigenvalue weighted by atomic mass is 9.88. The second-order valence-electron chi connectivity index (χ2n) is 5.27. The van der Waals surface area contributed by atoms with E-state index in [0.29, 0.717) is 5.92 Å². The summed E-state index contributed by atoms with van der Waals surface area (Å²) in [5.74, 6) is 1.27. The third-order valence-corrected chi connectivity index (χ3v) is 4.97. The maximum atomic E-state index is 9.36. The number of nitrogens with zero attached hydrogens (tertiary/aromatic N) is 1. The first-order valence-electron chi connectivity index (χ1n) is 6.76. The molecule has 0 spiro atoms. The fourth-order valence-corrected chi connectivity index (χ4v) is 4.01. The van der Waals surface area contributed by atoms with Crippen LogP contribution in [-0.4, -0.2) is 30.7 Å². The molecule has 0 radical (unpaired) electrons. The van der Waals surface area contributed by atoms with E-state index < -0.39 is 0 Å². The molecule has 1 aromatic carbocycles. The van der Waals surface area contributed by atoms with Crippen LogP contribution >= 0.6 is 11.3 Å². The van der Waals surface area contributed by atoms with E-state index in [2.05, 4.69) is 30.1 Å². The summed E-state index contributed by atoms with van der Waals surface area (Å²) in [5, 5.41) is 9.36. The number of rotatable bonds is 3. The van der Waals surface area contributed by atoms with Crippen molar-refractivity contribution in [3.8, 4) is 5.75 Å². The predicted octanol–water partition coefficient (Wildman–Crippen LogP) is 2.83. The van der Waals surface area contributed by atoms with Crippen molar-refractivity contribution >= 4 is 11.3 Å². The normalized spacial score (nSPS) is 18.9. The summed E-state index contributed by atoms with van der Waals surface area (Å²) in [4.78, 5) is 4.78. The summed E-state index contributed by atoms with van der Waals surface area (Å²) in [5.41, 5.74) is 2.68. The van der Waals surface area contributed by atoms with Gasteiger partial charge >= 0.3 is 0 Å². The summed E-state index contributed by atoms with van der Waals surface area (Å²) >= 11 is 1.73. The quantitative estimate of drug-likeness (QED) is 0.943. The topological polar surface area (TPSA) is 32.7 Å². The lowest BCUT2D eigenvalue weighted by molar-refractivity contribution is 0.285. The van der Waals surface area contributed by atoms with Crippen LogP contribution < -0.4 is 4.74 Å².